The topological polar surface area (TPSA) is 58.4 Å². The predicted molar refractivity (Wildman–Crippen MR) is 83.4 cm³/mol. The molecule has 0 spiro atoms. The highest BCUT2D eigenvalue weighted by molar-refractivity contribution is 5.62. The predicted octanol–water partition coefficient (Wildman–Crippen LogP) is 3.40. The van der Waals surface area contributed by atoms with E-state index in [4.69, 9.17) is 0 Å². The van der Waals surface area contributed by atoms with E-state index in [1.54, 1.807) is 6.07 Å². The summed E-state index contributed by atoms with van der Waals surface area (Å²) in [6.45, 7) is 4.76. The molecule has 5 heteroatoms. The van der Waals surface area contributed by atoms with Crippen LogP contribution >= 0.6 is 0 Å². The summed E-state index contributed by atoms with van der Waals surface area (Å²) in [5, 5.41) is 14.2. The third-order valence-electron chi connectivity index (χ3n) is 4.26. The minimum atomic E-state index is -0.315. The highest BCUT2D eigenvalue weighted by atomic mass is 16.6. The lowest BCUT2D eigenvalue weighted by Crippen LogP contribution is -2.27. The van der Waals surface area contributed by atoms with Gasteiger partial charge in [0, 0.05) is 31.7 Å². The molecule has 1 N–H and O–H groups in total. The largest absolute Gasteiger partial charge is 0.380 e. The Hall–Kier alpha value is -1.62. The van der Waals surface area contributed by atoms with Crippen molar-refractivity contribution in [3.8, 4) is 0 Å². The monoisotopic (exact) mass is 289 g/mol. The number of anilines is 1. The van der Waals surface area contributed by atoms with E-state index in [1.807, 2.05) is 19.1 Å². The zero-order chi connectivity index (χ0) is 14.8. The first-order valence-corrected chi connectivity index (χ1v) is 7.92. The zero-order valence-corrected chi connectivity index (χ0v) is 12.5. The van der Waals surface area contributed by atoms with Gasteiger partial charge in [-0.1, -0.05) is 6.07 Å². The molecule has 114 valence electrons. The fourth-order valence-corrected chi connectivity index (χ4v) is 2.82. The van der Waals surface area contributed by atoms with Crippen molar-refractivity contribution >= 4 is 11.4 Å². The van der Waals surface area contributed by atoms with E-state index in [9.17, 15) is 10.1 Å². The molecule has 3 rings (SSSR count). The van der Waals surface area contributed by atoms with Crippen molar-refractivity contribution in [1.82, 2.24) is 4.90 Å². The van der Waals surface area contributed by atoms with Crippen molar-refractivity contribution in [2.45, 2.75) is 45.2 Å². The number of nitrogens with one attached hydrogen (secondary N) is 1. The fourth-order valence-electron chi connectivity index (χ4n) is 2.82. The van der Waals surface area contributed by atoms with E-state index in [0.29, 0.717) is 12.2 Å². The number of nitro groups is 1. The van der Waals surface area contributed by atoms with E-state index in [1.165, 1.54) is 37.8 Å². The first-order valence-electron chi connectivity index (χ1n) is 7.92. The summed E-state index contributed by atoms with van der Waals surface area (Å²) in [4.78, 5) is 13.3. The molecule has 2 aliphatic carbocycles. The SMILES string of the molecule is CCNc1cc(CN(CC2CC2)C2CC2)ccc1[N+](=O)[O-]. The molecule has 5 nitrogen and oxygen atoms in total. The highest BCUT2D eigenvalue weighted by Gasteiger charge is 2.33. The van der Waals surface area contributed by atoms with Crippen molar-refractivity contribution < 1.29 is 4.92 Å². The molecule has 0 heterocycles. The normalized spacial score (nSPS) is 18.0. The van der Waals surface area contributed by atoms with E-state index in [-0.39, 0.29) is 10.6 Å². The lowest BCUT2D eigenvalue weighted by Gasteiger charge is -2.22. The van der Waals surface area contributed by atoms with Crippen LogP contribution < -0.4 is 5.32 Å². The second-order valence-corrected chi connectivity index (χ2v) is 6.24. The van der Waals surface area contributed by atoms with Gasteiger partial charge in [0.1, 0.15) is 5.69 Å². The van der Waals surface area contributed by atoms with Gasteiger partial charge in [0.25, 0.3) is 5.69 Å². The van der Waals surface area contributed by atoms with Gasteiger partial charge < -0.3 is 5.32 Å². The standard InChI is InChI=1S/C16H23N3O2/c1-2-17-15-9-13(5-8-16(15)19(20)21)11-18(14-6-7-14)10-12-3-4-12/h5,8-9,12,14,17H,2-4,6-7,10-11H2,1H3. The minimum Gasteiger partial charge on any atom is -0.380 e. The lowest BCUT2D eigenvalue weighted by atomic mass is 10.1. The van der Waals surface area contributed by atoms with Gasteiger partial charge in [-0.3, -0.25) is 15.0 Å². The van der Waals surface area contributed by atoms with Gasteiger partial charge in [-0.2, -0.15) is 0 Å². The van der Waals surface area contributed by atoms with Gasteiger partial charge >= 0.3 is 0 Å². The maximum Gasteiger partial charge on any atom is 0.292 e. The second kappa shape index (κ2) is 6.02. The first-order chi connectivity index (χ1) is 10.2. The zero-order valence-electron chi connectivity index (χ0n) is 12.5. The van der Waals surface area contributed by atoms with Crippen molar-refractivity contribution in [1.29, 1.82) is 0 Å². The van der Waals surface area contributed by atoms with Crippen LogP contribution in [-0.2, 0) is 6.54 Å². The summed E-state index contributed by atoms with van der Waals surface area (Å²) in [5.74, 6) is 0.886. The van der Waals surface area contributed by atoms with Gasteiger partial charge in [0.15, 0.2) is 0 Å². The summed E-state index contributed by atoms with van der Waals surface area (Å²) in [5.41, 5.74) is 1.98. The third kappa shape index (κ3) is 3.73. The molecule has 0 saturated heterocycles. The molecule has 1 aromatic carbocycles. The third-order valence-corrected chi connectivity index (χ3v) is 4.26. The van der Waals surface area contributed by atoms with Gasteiger partial charge in [-0.15, -0.1) is 0 Å². The number of rotatable bonds is 8. The van der Waals surface area contributed by atoms with Crippen LogP contribution in [0.2, 0.25) is 0 Å². The quantitative estimate of drug-likeness (QED) is 0.588. The van der Waals surface area contributed by atoms with Crippen LogP contribution in [0.1, 0.15) is 38.2 Å². The number of hydrogen-bond donors (Lipinski definition) is 1. The molecule has 0 amide bonds. The summed E-state index contributed by atoms with van der Waals surface area (Å²) in [6, 6.07) is 6.23. The molecule has 0 aromatic heterocycles. The lowest BCUT2D eigenvalue weighted by molar-refractivity contribution is -0.384. The van der Waals surface area contributed by atoms with Gasteiger partial charge in [0.2, 0.25) is 0 Å². The van der Waals surface area contributed by atoms with Crippen molar-refractivity contribution in [2.24, 2.45) is 5.92 Å². The van der Waals surface area contributed by atoms with E-state index in [0.717, 1.165) is 18.5 Å². The fraction of sp³-hybridized carbons (Fsp3) is 0.625. The minimum absolute atomic E-state index is 0.167. The van der Waals surface area contributed by atoms with E-state index in [2.05, 4.69) is 10.2 Å². The summed E-state index contributed by atoms with van der Waals surface area (Å²) in [6.07, 6.45) is 5.35. The number of hydrogen-bond acceptors (Lipinski definition) is 4. The van der Waals surface area contributed by atoms with Gasteiger partial charge in [-0.05, 0) is 50.2 Å². The van der Waals surface area contributed by atoms with E-state index >= 15 is 0 Å². The molecule has 2 aliphatic rings. The average molecular weight is 289 g/mol. The van der Waals surface area contributed by atoms with Crippen molar-refractivity contribution in [3.63, 3.8) is 0 Å². The maximum absolute atomic E-state index is 11.1. The van der Waals surface area contributed by atoms with Crippen LogP contribution in [0.3, 0.4) is 0 Å². The Kier molecular flexibility index (Phi) is 4.10. The van der Waals surface area contributed by atoms with Gasteiger partial charge in [-0.25, -0.2) is 0 Å². The Balaban J connectivity index is 1.73. The Labute approximate surface area is 125 Å². The smallest absolute Gasteiger partial charge is 0.292 e. The number of benzene rings is 1. The maximum atomic E-state index is 11.1. The van der Waals surface area contributed by atoms with Crippen LogP contribution in [0.5, 0.6) is 0 Å². The molecule has 0 bridgehead atoms. The molecule has 1 aromatic rings. The van der Waals surface area contributed by atoms with Crippen LogP contribution in [0.15, 0.2) is 18.2 Å². The van der Waals surface area contributed by atoms with Crippen LogP contribution in [0.25, 0.3) is 0 Å². The second-order valence-electron chi connectivity index (χ2n) is 6.24. The average Bonchev–Trinajstić information content (AvgIpc) is 3.32. The summed E-state index contributed by atoms with van der Waals surface area (Å²) in [7, 11) is 0. The Morgan fingerprint density at radius 2 is 2.10 bits per heavy atom. The van der Waals surface area contributed by atoms with Gasteiger partial charge in [0.05, 0.1) is 4.92 Å². The first kappa shape index (κ1) is 14.3. The molecule has 0 atom stereocenters. The molecule has 2 saturated carbocycles. The Morgan fingerprint density at radius 1 is 1.33 bits per heavy atom. The highest BCUT2D eigenvalue weighted by Crippen LogP contribution is 2.36. The van der Waals surface area contributed by atoms with E-state index < -0.39 is 0 Å². The van der Waals surface area contributed by atoms with Crippen molar-refractivity contribution in [2.75, 3.05) is 18.4 Å². The molecule has 0 radical (unpaired) electrons. The van der Waals surface area contributed by atoms with Crippen LogP contribution in [-0.4, -0.2) is 29.0 Å². The Morgan fingerprint density at radius 3 is 2.67 bits per heavy atom. The molecular weight excluding hydrogens is 266 g/mol. The molecule has 0 aliphatic heterocycles. The van der Waals surface area contributed by atoms with Crippen LogP contribution in [0.4, 0.5) is 11.4 Å². The summed E-state index contributed by atoms with van der Waals surface area (Å²) < 4.78 is 0. The number of nitrogens with zero attached hydrogens (tertiary/aromatic N) is 2. The Bertz CT molecular complexity index is 524. The molecule has 21 heavy (non-hydrogen) atoms. The number of nitro benzene ring substituents is 1. The molecule has 0 unspecified atom stereocenters. The molecular formula is C16H23N3O2. The molecule has 2 fully saturated rings. The van der Waals surface area contributed by atoms with Crippen molar-refractivity contribution in [3.05, 3.63) is 33.9 Å². The summed E-state index contributed by atoms with van der Waals surface area (Å²) >= 11 is 0. The van der Waals surface area contributed by atoms with Crippen LogP contribution in [0, 0.1) is 16.0 Å².